The molecule has 146 valence electrons. The minimum absolute atomic E-state index is 0.361. The van der Waals surface area contributed by atoms with Gasteiger partial charge in [0.05, 0.1) is 0 Å². The molecule has 4 nitrogen and oxygen atoms in total. The van der Waals surface area contributed by atoms with Crippen LogP contribution in [0.5, 0.6) is 11.5 Å². The van der Waals surface area contributed by atoms with E-state index in [9.17, 15) is 14.3 Å². The van der Waals surface area contributed by atoms with Crippen molar-refractivity contribution >= 4 is 5.97 Å². The molecule has 0 aromatic heterocycles. The smallest absolute Gasteiger partial charge is 0.335 e. The first kappa shape index (κ1) is 20.0. The van der Waals surface area contributed by atoms with E-state index in [0.29, 0.717) is 28.2 Å². The number of carbonyl (C=O) groups is 1. The zero-order valence-electron chi connectivity index (χ0n) is 15.5. The van der Waals surface area contributed by atoms with Crippen LogP contribution >= 0.6 is 0 Å². The quantitative estimate of drug-likeness (QED) is 0.200. The Morgan fingerprint density at radius 3 is 2.07 bits per heavy atom. The lowest BCUT2D eigenvalue weighted by Crippen LogP contribution is -2.10. The fourth-order valence-electron chi connectivity index (χ4n) is 2.70. The van der Waals surface area contributed by atoms with Crippen molar-refractivity contribution in [2.75, 3.05) is 0 Å². The molecule has 0 aliphatic rings. The molecule has 0 bridgehead atoms. The molecule has 1 unspecified atom stereocenters. The maximum Gasteiger partial charge on any atom is 0.335 e. The van der Waals surface area contributed by atoms with Crippen molar-refractivity contribution in [3.8, 4) is 33.8 Å². The summed E-state index contributed by atoms with van der Waals surface area (Å²) in [6.45, 7) is 6.79. The van der Waals surface area contributed by atoms with E-state index in [2.05, 4.69) is 13.2 Å². The fraction of sp³-hybridized carbons (Fsp3) is 0.0417. The number of hydrogen-bond donors (Lipinski definition) is 1. The molecule has 29 heavy (non-hydrogen) atoms. The highest BCUT2D eigenvalue weighted by molar-refractivity contribution is 5.83. The van der Waals surface area contributed by atoms with Crippen LogP contribution in [0.15, 0.2) is 92.0 Å². The molecule has 0 fully saturated rings. The molecule has 0 radical (unpaired) electrons. The van der Waals surface area contributed by atoms with E-state index in [0.717, 1.165) is 11.6 Å². The average Bonchev–Trinajstić information content (AvgIpc) is 2.74. The van der Waals surface area contributed by atoms with Crippen molar-refractivity contribution in [3.05, 3.63) is 97.9 Å². The summed E-state index contributed by atoms with van der Waals surface area (Å²) in [5.74, 6) is -0.0838. The van der Waals surface area contributed by atoms with E-state index >= 15 is 0 Å². The van der Waals surface area contributed by atoms with E-state index in [1.165, 1.54) is 12.1 Å². The summed E-state index contributed by atoms with van der Waals surface area (Å²) >= 11 is 0. The van der Waals surface area contributed by atoms with Crippen LogP contribution in [0.2, 0.25) is 0 Å². The summed E-state index contributed by atoms with van der Waals surface area (Å²) in [6.07, 6.45) is 1.27. The van der Waals surface area contributed by atoms with E-state index in [-0.39, 0.29) is 5.82 Å². The van der Waals surface area contributed by atoms with Crippen molar-refractivity contribution in [1.82, 2.24) is 0 Å². The van der Waals surface area contributed by atoms with E-state index < -0.39 is 12.3 Å². The van der Waals surface area contributed by atoms with Gasteiger partial charge in [-0.25, -0.2) is 9.18 Å². The summed E-state index contributed by atoms with van der Waals surface area (Å²) in [5, 5.41) is 9.43. The summed E-state index contributed by atoms with van der Waals surface area (Å²) < 4.78 is 25.0. The second kappa shape index (κ2) is 8.99. The summed E-state index contributed by atoms with van der Waals surface area (Å²) in [5.41, 5.74) is 2.61. The molecular weight excluding hydrogens is 371 g/mol. The van der Waals surface area contributed by atoms with E-state index in [1.807, 2.05) is 6.07 Å². The van der Waals surface area contributed by atoms with Gasteiger partial charge in [-0.3, -0.25) is 0 Å². The Morgan fingerprint density at radius 2 is 1.48 bits per heavy atom. The number of benzene rings is 3. The molecule has 1 atom stereocenters. The number of carbonyl (C=O) groups excluding carboxylic acids is 1. The van der Waals surface area contributed by atoms with Gasteiger partial charge in [-0.05, 0) is 53.1 Å². The molecule has 3 aromatic carbocycles. The van der Waals surface area contributed by atoms with Crippen LogP contribution in [0.25, 0.3) is 22.3 Å². The number of halogens is 1. The number of aliphatic hydroxyl groups is 1. The molecule has 3 rings (SSSR count). The van der Waals surface area contributed by atoms with Gasteiger partial charge in [0.2, 0.25) is 6.29 Å². The van der Waals surface area contributed by atoms with Crippen LogP contribution in [-0.4, -0.2) is 17.4 Å². The van der Waals surface area contributed by atoms with Crippen LogP contribution in [0.3, 0.4) is 0 Å². The molecular formula is C24H19FO4. The van der Waals surface area contributed by atoms with Crippen molar-refractivity contribution in [1.29, 1.82) is 0 Å². The molecule has 0 heterocycles. The average molecular weight is 390 g/mol. The van der Waals surface area contributed by atoms with Gasteiger partial charge in [0, 0.05) is 11.6 Å². The second-order valence-corrected chi connectivity index (χ2v) is 6.11. The molecule has 0 amide bonds. The number of hydrogen-bond acceptors (Lipinski definition) is 4. The third kappa shape index (κ3) is 4.97. The predicted molar refractivity (Wildman–Crippen MR) is 110 cm³/mol. The molecule has 0 saturated carbocycles. The SMILES string of the molecule is C=CC(=O)Oc1ccc(-c2ccc(-c3ccc(OC(O)C=C)cc3)cc2F)cc1. The highest BCUT2D eigenvalue weighted by atomic mass is 19.1. The Balaban J connectivity index is 1.79. The minimum Gasteiger partial charge on any atom is -0.461 e. The van der Waals surface area contributed by atoms with Gasteiger partial charge < -0.3 is 14.6 Å². The molecule has 5 heteroatoms. The molecule has 0 saturated heterocycles. The van der Waals surface area contributed by atoms with Crippen molar-refractivity contribution in [3.63, 3.8) is 0 Å². The number of rotatable bonds is 7. The van der Waals surface area contributed by atoms with Gasteiger partial charge in [0.25, 0.3) is 0 Å². The van der Waals surface area contributed by atoms with Gasteiger partial charge in [0.1, 0.15) is 17.3 Å². The third-order valence-corrected chi connectivity index (χ3v) is 4.17. The van der Waals surface area contributed by atoms with Crippen molar-refractivity contribution in [2.24, 2.45) is 0 Å². The van der Waals surface area contributed by atoms with Gasteiger partial charge in [-0.1, -0.05) is 49.6 Å². The molecule has 1 N–H and O–H groups in total. The van der Waals surface area contributed by atoms with Crippen LogP contribution in [0.4, 0.5) is 4.39 Å². The summed E-state index contributed by atoms with van der Waals surface area (Å²) in [6, 6.07) is 18.5. The molecule has 0 aliphatic carbocycles. The maximum atomic E-state index is 14.7. The Labute approximate surface area is 168 Å². The summed E-state index contributed by atoms with van der Waals surface area (Å²) in [4.78, 5) is 11.2. The number of esters is 1. The third-order valence-electron chi connectivity index (χ3n) is 4.17. The topological polar surface area (TPSA) is 55.8 Å². The Morgan fingerprint density at radius 1 is 0.897 bits per heavy atom. The maximum absolute atomic E-state index is 14.7. The first-order valence-corrected chi connectivity index (χ1v) is 8.82. The van der Waals surface area contributed by atoms with Crippen LogP contribution < -0.4 is 9.47 Å². The van der Waals surface area contributed by atoms with Gasteiger partial charge in [0.15, 0.2) is 0 Å². The second-order valence-electron chi connectivity index (χ2n) is 6.11. The molecule has 0 spiro atoms. The standard InChI is InChI=1S/C24H19FO4/c1-3-23(26)28-19-10-5-16(6-11-19)18-9-14-21(22(25)15-18)17-7-12-20(13-8-17)29-24(27)4-2/h3-15,23,26H,1-2H2. The lowest BCUT2D eigenvalue weighted by Gasteiger charge is -2.11. The highest BCUT2D eigenvalue weighted by Gasteiger charge is 2.09. The minimum atomic E-state index is -1.08. The monoisotopic (exact) mass is 390 g/mol. The highest BCUT2D eigenvalue weighted by Crippen LogP contribution is 2.30. The lowest BCUT2D eigenvalue weighted by molar-refractivity contribution is -0.128. The number of aliphatic hydroxyl groups excluding tert-OH is 1. The Bertz CT molecular complexity index is 1020. The van der Waals surface area contributed by atoms with Crippen molar-refractivity contribution < 1.29 is 23.8 Å². The van der Waals surface area contributed by atoms with Crippen LogP contribution in [0.1, 0.15) is 0 Å². The van der Waals surface area contributed by atoms with E-state index in [4.69, 9.17) is 9.47 Å². The van der Waals surface area contributed by atoms with Gasteiger partial charge >= 0.3 is 5.97 Å². The van der Waals surface area contributed by atoms with E-state index in [1.54, 1.807) is 54.6 Å². The predicted octanol–water partition coefficient (Wildman–Crippen LogP) is 5.13. The Hall–Kier alpha value is -3.70. The van der Waals surface area contributed by atoms with Crippen molar-refractivity contribution in [2.45, 2.75) is 6.29 Å². The normalized spacial score (nSPS) is 11.4. The zero-order valence-corrected chi connectivity index (χ0v) is 15.5. The van der Waals surface area contributed by atoms with Crippen LogP contribution in [-0.2, 0) is 4.79 Å². The molecule has 0 aliphatic heterocycles. The fourth-order valence-corrected chi connectivity index (χ4v) is 2.70. The van der Waals surface area contributed by atoms with Crippen LogP contribution in [0, 0.1) is 5.82 Å². The zero-order chi connectivity index (χ0) is 20.8. The Kier molecular flexibility index (Phi) is 6.22. The first-order valence-electron chi connectivity index (χ1n) is 8.82. The summed E-state index contributed by atoms with van der Waals surface area (Å²) in [7, 11) is 0. The largest absolute Gasteiger partial charge is 0.461 e. The van der Waals surface area contributed by atoms with Gasteiger partial charge in [-0.2, -0.15) is 0 Å². The lowest BCUT2D eigenvalue weighted by atomic mass is 9.99. The number of ether oxygens (including phenoxy) is 2. The van der Waals surface area contributed by atoms with Gasteiger partial charge in [-0.15, -0.1) is 0 Å². The molecule has 3 aromatic rings. The first-order chi connectivity index (χ1) is 14.0.